The summed E-state index contributed by atoms with van der Waals surface area (Å²) in [7, 11) is 0. The van der Waals surface area contributed by atoms with Gasteiger partial charge in [-0.1, -0.05) is 0 Å². The summed E-state index contributed by atoms with van der Waals surface area (Å²) in [6.07, 6.45) is -4.23. The predicted octanol–water partition coefficient (Wildman–Crippen LogP) is 2.70. The third-order valence-corrected chi connectivity index (χ3v) is 2.20. The molecule has 3 nitrogen and oxygen atoms in total. The van der Waals surface area contributed by atoms with Crippen molar-refractivity contribution in [1.29, 1.82) is 0 Å². The molecule has 1 heterocycles. The molecule has 1 aliphatic heterocycles. The number of ether oxygens (including phenoxy) is 2. The standard InChI is InChI=1S/C10H10F3NO2/c1-6-2-8-9(16-5-15-8)3-7(6)14-4-10(11,12)13/h2-3,14H,4-5H2,1H3. The van der Waals surface area contributed by atoms with E-state index in [4.69, 9.17) is 9.47 Å². The minimum Gasteiger partial charge on any atom is -0.454 e. The monoisotopic (exact) mass is 233 g/mol. The van der Waals surface area contributed by atoms with Gasteiger partial charge in [0.15, 0.2) is 11.5 Å². The first-order valence-corrected chi connectivity index (χ1v) is 4.66. The highest BCUT2D eigenvalue weighted by atomic mass is 19.4. The van der Waals surface area contributed by atoms with Crippen LogP contribution in [0.4, 0.5) is 18.9 Å². The van der Waals surface area contributed by atoms with E-state index >= 15 is 0 Å². The van der Waals surface area contributed by atoms with Crippen LogP contribution in [-0.4, -0.2) is 19.5 Å². The molecule has 2 rings (SSSR count). The van der Waals surface area contributed by atoms with Crippen LogP contribution in [0.15, 0.2) is 12.1 Å². The smallest absolute Gasteiger partial charge is 0.405 e. The summed E-state index contributed by atoms with van der Waals surface area (Å²) in [6, 6.07) is 3.17. The maximum absolute atomic E-state index is 12.0. The second kappa shape index (κ2) is 3.77. The number of hydrogen-bond donors (Lipinski definition) is 1. The molecule has 0 bridgehead atoms. The molecule has 0 amide bonds. The summed E-state index contributed by atoms with van der Waals surface area (Å²) in [5.74, 6) is 1.03. The third kappa shape index (κ3) is 2.32. The van der Waals surface area contributed by atoms with E-state index in [1.807, 2.05) is 0 Å². The summed E-state index contributed by atoms with van der Waals surface area (Å²) in [5, 5.41) is 2.32. The molecule has 6 heteroatoms. The van der Waals surface area contributed by atoms with Gasteiger partial charge in [0, 0.05) is 11.8 Å². The van der Waals surface area contributed by atoms with E-state index in [9.17, 15) is 13.2 Å². The number of fused-ring (bicyclic) bond motifs is 1. The Balaban J connectivity index is 2.16. The molecule has 16 heavy (non-hydrogen) atoms. The van der Waals surface area contributed by atoms with Gasteiger partial charge in [0.25, 0.3) is 0 Å². The van der Waals surface area contributed by atoms with E-state index in [1.165, 1.54) is 6.07 Å². The van der Waals surface area contributed by atoms with Crippen molar-refractivity contribution >= 4 is 5.69 Å². The second-order valence-corrected chi connectivity index (χ2v) is 3.49. The highest BCUT2D eigenvalue weighted by Crippen LogP contribution is 2.36. The van der Waals surface area contributed by atoms with E-state index in [-0.39, 0.29) is 6.79 Å². The first-order chi connectivity index (χ1) is 7.46. The lowest BCUT2D eigenvalue weighted by Gasteiger charge is -2.12. The zero-order chi connectivity index (χ0) is 11.8. The second-order valence-electron chi connectivity index (χ2n) is 3.49. The van der Waals surface area contributed by atoms with Gasteiger partial charge in [-0.15, -0.1) is 0 Å². The zero-order valence-corrected chi connectivity index (χ0v) is 8.52. The molecule has 1 N–H and O–H groups in total. The van der Waals surface area contributed by atoms with Crippen molar-refractivity contribution in [3.63, 3.8) is 0 Å². The largest absolute Gasteiger partial charge is 0.454 e. The van der Waals surface area contributed by atoms with Crippen LogP contribution in [0.2, 0.25) is 0 Å². The first kappa shape index (κ1) is 10.9. The van der Waals surface area contributed by atoms with Crippen LogP contribution in [0.5, 0.6) is 11.5 Å². The van der Waals surface area contributed by atoms with Crippen molar-refractivity contribution in [3.05, 3.63) is 17.7 Å². The van der Waals surface area contributed by atoms with Crippen molar-refractivity contribution in [2.24, 2.45) is 0 Å². The molecular weight excluding hydrogens is 223 g/mol. The van der Waals surface area contributed by atoms with Gasteiger partial charge < -0.3 is 14.8 Å². The Morgan fingerprint density at radius 3 is 2.50 bits per heavy atom. The molecule has 1 aromatic rings. The van der Waals surface area contributed by atoms with Crippen LogP contribution in [0, 0.1) is 6.92 Å². The Morgan fingerprint density at radius 1 is 1.25 bits per heavy atom. The lowest BCUT2D eigenvalue weighted by atomic mass is 10.2. The Morgan fingerprint density at radius 2 is 1.88 bits per heavy atom. The summed E-state index contributed by atoms with van der Waals surface area (Å²) < 4.78 is 46.3. The number of anilines is 1. The highest BCUT2D eigenvalue weighted by molar-refractivity contribution is 5.60. The van der Waals surface area contributed by atoms with Crippen LogP contribution in [0.1, 0.15) is 5.56 Å². The van der Waals surface area contributed by atoms with Gasteiger partial charge in [-0.25, -0.2) is 0 Å². The summed E-state index contributed by atoms with van der Waals surface area (Å²) in [4.78, 5) is 0. The van der Waals surface area contributed by atoms with Gasteiger partial charge in [0.2, 0.25) is 6.79 Å². The number of alkyl halides is 3. The van der Waals surface area contributed by atoms with E-state index in [1.54, 1.807) is 13.0 Å². The average Bonchev–Trinajstić information content (AvgIpc) is 2.59. The third-order valence-electron chi connectivity index (χ3n) is 2.20. The fourth-order valence-corrected chi connectivity index (χ4v) is 1.43. The van der Waals surface area contributed by atoms with E-state index in [0.717, 1.165) is 0 Å². The van der Waals surface area contributed by atoms with Crippen LogP contribution in [0.25, 0.3) is 0 Å². The van der Waals surface area contributed by atoms with Gasteiger partial charge in [0.1, 0.15) is 6.54 Å². The fourth-order valence-electron chi connectivity index (χ4n) is 1.43. The van der Waals surface area contributed by atoms with Gasteiger partial charge in [-0.05, 0) is 18.6 Å². The fraction of sp³-hybridized carbons (Fsp3) is 0.400. The minimum absolute atomic E-state index is 0.109. The Labute approximate surface area is 90.2 Å². The molecule has 88 valence electrons. The maximum atomic E-state index is 12.0. The Hall–Kier alpha value is -1.59. The Bertz CT molecular complexity index is 404. The number of rotatable bonds is 2. The molecule has 0 unspecified atom stereocenters. The lowest BCUT2D eigenvalue weighted by molar-refractivity contribution is -0.115. The van der Waals surface area contributed by atoms with Crippen LogP contribution < -0.4 is 14.8 Å². The highest BCUT2D eigenvalue weighted by Gasteiger charge is 2.27. The lowest BCUT2D eigenvalue weighted by Crippen LogP contribution is -2.21. The predicted molar refractivity (Wildman–Crippen MR) is 51.8 cm³/mol. The number of benzene rings is 1. The van der Waals surface area contributed by atoms with Crippen LogP contribution in [0.3, 0.4) is 0 Å². The maximum Gasteiger partial charge on any atom is 0.405 e. The van der Waals surface area contributed by atoms with Crippen molar-refractivity contribution in [2.75, 3.05) is 18.7 Å². The quantitative estimate of drug-likeness (QED) is 0.851. The van der Waals surface area contributed by atoms with Crippen LogP contribution >= 0.6 is 0 Å². The van der Waals surface area contributed by atoms with Crippen molar-refractivity contribution in [3.8, 4) is 11.5 Å². The van der Waals surface area contributed by atoms with Gasteiger partial charge in [-0.2, -0.15) is 13.2 Å². The molecule has 0 atom stereocenters. The van der Waals surface area contributed by atoms with Crippen molar-refractivity contribution < 1.29 is 22.6 Å². The molecule has 0 radical (unpaired) electrons. The number of halogens is 3. The molecule has 0 saturated carbocycles. The number of hydrogen-bond acceptors (Lipinski definition) is 3. The van der Waals surface area contributed by atoms with Gasteiger partial charge >= 0.3 is 6.18 Å². The molecule has 0 aromatic heterocycles. The van der Waals surface area contributed by atoms with Crippen molar-refractivity contribution in [2.45, 2.75) is 13.1 Å². The molecule has 0 saturated heterocycles. The van der Waals surface area contributed by atoms with Crippen LogP contribution in [-0.2, 0) is 0 Å². The minimum atomic E-state index is -4.23. The average molecular weight is 233 g/mol. The van der Waals surface area contributed by atoms with E-state index in [2.05, 4.69) is 5.32 Å². The van der Waals surface area contributed by atoms with Gasteiger partial charge in [0.05, 0.1) is 0 Å². The zero-order valence-electron chi connectivity index (χ0n) is 8.52. The van der Waals surface area contributed by atoms with E-state index in [0.29, 0.717) is 22.7 Å². The number of aryl methyl sites for hydroxylation is 1. The normalized spacial score (nSPS) is 14.0. The SMILES string of the molecule is Cc1cc2c(cc1NCC(F)(F)F)OCO2. The molecule has 0 fully saturated rings. The summed E-state index contributed by atoms with van der Waals surface area (Å²) in [6.45, 7) is 0.756. The molecule has 1 aromatic carbocycles. The van der Waals surface area contributed by atoms with E-state index < -0.39 is 12.7 Å². The molecule has 0 aliphatic carbocycles. The summed E-state index contributed by atoms with van der Waals surface area (Å²) >= 11 is 0. The van der Waals surface area contributed by atoms with Crippen molar-refractivity contribution in [1.82, 2.24) is 0 Å². The number of nitrogens with one attached hydrogen (secondary N) is 1. The van der Waals surface area contributed by atoms with Gasteiger partial charge in [-0.3, -0.25) is 0 Å². The molecule has 1 aliphatic rings. The molecular formula is C10H10F3NO2. The Kier molecular flexibility index (Phi) is 2.57. The summed E-state index contributed by atoms with van der Waals surface area (Å²) in [5.41, 5.74) is 1.09. The first-order valence-electron chi connectivity index (χ1n) is 4.66. The topological polar surface area (TPSA) is 30.5 Å². The molecule has 0 spiro atoms.